The van der Waals surface area contributed by atoms with E-state index >= 15 is 0 Å². The van der Waals surface area contributed by atoms with Gasteiger partial charge in [-0.1, -0.05) is 71.0 Å². The van der Waals surface area contributed by atoms with E-state index in [2.05, 4.69) is 51.7 Å². The molecule has 0 unspecified atom stereocenters. The number of hydrogen-bond acceptors (Lipinski definition) is 3. The zero-order chi connectivity index (χ0) is 19.2. The molecule has 0 aliphatic rings. The van der Waals surface area contributed by atoms with Crippen molar-refractivity contribution in [2.45, 2.75) is 53.2 Å². The first-order chi connectivity index (χ1) is 12.3. The molecule has 2 rings (SSSR count). The predicted octanol–water partition coefficient (Wildman–Crippen LogP) is 5.18. The van der Waals surface area contributed by atoms with Crippen LogP contribution in [0.15, 0.2) is 48.5 Å². The monoisotopic (exact) mass is 353 g/mol. The highest BCUT2D eigenvalue weighted by atomic mass is 16.5. The zero-order valence-electron chi connectivity index (χ0n) is 16.7. The number of nitrogens with zero attached hydrogens (tertiary/aromatic N) is 1. The van der Waals surface area contributed by atoms with Crippen LogP contribution in [0.2, 0.25) is 0 Å². The van der Waals surface area contributed by atoms with Crippen LogP contribution in [0.3, 0.4) is 0 Å². The van der Waals surface area contributed by atoms with Crippen molar-refractivity contribution in [3.63, 3.8) is 0 Å². The van der Waals surface area contributed by atoms with Crippen LogP contribution in [-0.4, -0.2) is 24.0 Å². The summed E-state index contributed by atoms with van der Waals surface area (Å²) >= 11 is 0. The van der Waals surface area contributed by atoms with Gasteiger partial charge in [-0.25, -0.2) is 4.79 Å². The zero-order valence-corrected chi connectivity index (χ0v) is 16.7. The molecule has 0 spiro atoms. The van der Waals surface area contributed by atoms with Gasteiger partial charge in [0.15, 0.2) is 0 Å². The fourth-order valence-electron chi connectivity index (χ4n) is 2.78. The van der Waals surface area contributed by atoms with E-state index in [4.69, 9.17) is 4.74 Å². The van der Waals surface area contributed by atoms with Crippen molar-refractivity contribution < 1.29 is 9.53 Å². The maximum absolute atomic E-state index is 12.2. The van der Waals surface area contributed by atoms with Crippen molar-refractivity contribution in [2.75, 3.05) is 13.1 Å². The molecule has 3 nitrogen and oxygen atoms in total. The van der Waals surface area contributed by atoms with Crippen LogP contribution in [0.25, 0.3) is 0 Å². The Bertz CT molecular complexity index is 692. The summed E-state index contributed by atoms with van der Waals surface area (Å²) in [6, 6.07) is 16.0. The molecule has 0 saturated heterocycles. The van der Waals surface area contributed by atoms with Crippen molar-refractivity contribution >= 4 is 5.97 Å². The maximum Gasteiger partial charge on any atom is 0.338 e. The highest BCUT2D eigenvalue weighted by Gasteiger charge is 2.14. The van der Waals surface area contributed by atoms with Crippen molar-refractivity contribution in [2.24, 2.45) is 0 Å². The van der Waals surface area contributed by atoms with E-state index in [1.807, 2.05) is 36.4 Å². The number of carbonyl (C=O) groups is 1. The van der Waals surface area contributed by atoms with E-state index < -0.39 is 0 Å². The Morgan fingerprint density at radius 1 is 0.885 bits per heavy atom. The minimum absolute atomic E-state index is 0.0787. The lowest BCUT2D eigenvalue weighted by molar-refractivity contribution is 0.0472. The number of benzene rings is 2. The fraction of sp³-hybridized carbons (Fsp3) is 0.435. The SMILES string of the molecule is CCN(CC)Cc1ccc(COC(=O)c2ccc(C(C)(C)C)cc2)cc1. The quantitative estimate of drug-likeness (QED) is 0.642. The maximum atomic E-state index is 12.2. The molecule has 26 heavy (non-hydrogen) atoms. The van der Waals surface area contributed by atoms with E-state index in [-0.39, 0.29) is 11.4 Å². The summed E-state index contributed by atoms with van der Waals surface area (Å²) in [7, 11) is 0. The molecule has 0 heterocycles. The Balaban J connectivity index is 1.91. The lowest BCUT2D eigenvalue weighted by Gasteiger charge is -2.19. The van der Waals surface area contributed by atoms with Gasteiger partial charge in [-0.2, -0.15) is 0 Å². The van der Waals surface area contributed by atoms with E-state index in [1.165, 1.54) is 11.1 Å². The number of esters is 1. The van der Waals surface area contributed by atoms with Gasteiger partial charge in [-0.3, -0.25) is 4.90 Å². The molecule has 2 aromatic rings. The first-order valence-corrected chi connectivity index (χ1v) is 9.41. The van der Waals surface area contributed by atoms with Crippen molar-refractivity contribution in [1.29, 1.82) is 0 Å². The summed E-state index contributed by atoms with van der Waals surface area (Å²) in [6.07, 6.45) is 0. The normalized spacial score (nSPS) is 11.6. The molecule has 0 saturated carbocycles. The Labute approximate surface area is 158 Å². The van der Waals surface area contributed by atoms with Crippen molar-refractivity contribution in [1.82, 2.24) is 4.90 Å². The van der Waals surface area contributed by atoms with Crippen LogP contribution in [0, 0.1) is 0 Å². The van der Waals surface area contributed by atoms with Gasteiger partial charge in [0.25, 0.3) is 0 Å². The summed E-state index contributed by atoms with van der Waals surface area (Å²) in [4.78, 5) is 14.6. The molecule has 140 valence electrons. The second-order valence-electron chi connectivity index (χ2n) is 7.68. The molecule has 0 radical (unpaired) electrons. The highest BCUT2D eigenvalue weighted by Crippen LogP contribution is 2.22. The minimum Gasteiger partial charge on any atom is -0.457 e. The molecule has 0 aliphatic heterocycles. The third-order valence-electron chi connectivity index (χ3n) is 4.68. The average Bonchev–Trinajstić information content (AvgIpc) is 2.64. The molecule has 3 heteroatoms. The molecule has 0 bridgehead atoms. The van der Waals surface area contributed by atoms with Crippen LogP contribution in [0.4, 0.5) is 0 Å². The van der Waals surface area contributed by atoms with Gasteiger partial charge < -0.3 is 4.74 Å². The molecule has 0 fully saturated rings. The lowest BCUT2D eigenvalue weighted by atomic mass is 9.87. The number of ether oxygens (including phenoxy) is 1. The van der Waals surface area contributed by atoms with Crippen LogP contribution in [-0.2, 0) is 23.3 Å². The lowest BCUT2D eigenvalue weighted by Crippen LogP contribution is -2.22. The standard InChI is InChI=1S/C23H31NO2/c1-6-24(7-2)16-18-8-10-19(11-9-18)17-26-22(25)20-12-14-21(15-13-20)23(3,4)5/h8-15H,6-7,16-17H2,1-5H3. The van der Waals surface area contributed by atoms with Crippen molar-refractivity contribution in [3.8, 4) is 0 Å². The van der Waals surface area contributed by atoms with Gasteiger partial charge in [0.1, 0.15) is 6.61 Å². The molecule has 0 aliphatic carbocycles. The molecule has 0 amide bonds. The van der Waals surface area contributed by atoms with E-state index in [1.54, 1.807) is 0 Å². The van der Waals surface area contributed by atoms with Gasteiger partial charge in [-0.05, 0) is 47.3 Å². The van der Waals surface area contributed by atoms with E-state index in [0.717, 1.165) is 25.2 Å². The molecule has 2 aromatic carbocycles. The van der Waals surface area contributed by atoms with Crippen molar-refractivity contribution in [3.05, 3.63) is 70.8 Å². The Morgan fingerprint density at radius 2 is 1.42 bits per heavy atom. The summed E-state index contributed by atoms with van der Waals surface area (Å²) in [5, 5.41) is 0. The second-order valence-corrected chi connectivity index (χ2v) is 7.68. The number of rotatable bonds is 7. The van der Waals surface area contributed by atoms with Gasteiger partial charge in [0, 0.05) is 6.54 Å². The Hall–Kier alpha value is -2.13. The summed E-state index contributed by atoms with van der Waals surface area (Å²) < 4.78 is 5.45. The molecule has 0 aromatic heterocycles. The predicted molar refractivity (Wildman–Crippen MR) is 107 cm³/mol. The van der Waals surface area contributed by atoms with Crippen LogP contribution < -0.4 is 0 Å². The van der Waals surface area contributed by atoms with Gasteiger partial charge >= 0.3 is 5.97 Å². The third kappa shape index (κ3) is 5.70. The summed E-state index contributed by atoms with van der Waals surface area (Å²) in [5.74, 6) is -0.280. The molecular formula is C23H31NO2. The van der Waals surface area contributed by atoms with Gasteiger partial charge in [-0.15, -0.1) is 0 Å². The smallest absolute Gasteiger partial charge is 0.338 e. The van der Waals surface area contributed by atoms with E-state index in [0.29, 0.717) is 12.2 Å². The highest BCUT2D eigenvalue weighted by molar-refractivity contribution is 5.89. The van der Waals surface area contributed by atoms with Crippen LogP contribution in [0.1, 0.15) is 61.7 Å². The largest absolute Gasteiger partial charge is 0.457 e. The van der Waals surface area contributed by atoms with Crippen LogP contribution >= 0.6 is 0 Å². The second kappa shape index (κ2) is 9.00. The average molecular weight is 354 g/mol. The number of carbonyl (C=O) groups excluding carboxylic acids is 1. The molecule has 0 N–H and O–H groups in total. The molecular weight excluding hydrogens is 322 g/mol. The van der Waals surface area contributed by atoms with Crippen LogP contribution in [0.5, 0.6) is 0 Å². The first kappa shape index (κ1) is 20.2. The number of hydrogen-bond donors (Lipinski definition) is 0. The van der Waals surface area contributed by atoms with E-state index in [9.17, 15) is 4.79 Å². The minimum atomic E-state index is -0.280. The third-order valence-corrected chi connectivity index (χ3v) is 4.68. The first-order valence-electron chi connectivity index (χ1n) is 9.41. The fourth-order valence-corrected chi connectivity index (χ4v) is 2.78. The van der Waals surface area contributed by atoms with Gasteiger partial charge in [0.05, 0.1) is 5.56 Å². The summed E-state index contributed by atoms with van der Waals surface area (Å²) in [5.41, 5.74) is 4.17. The topological polar surface area (TPSA) is 29.5 Å². The Morgan fingerprint density at radius 3 is 1.92 bits per heavy atom. The molecule has 0 atom stereocenters. The van der Waals surface area contributed by atoms with Gasteiger partial charge in [0.2, 0.25) is 0 Å². The summed E-state index contributed by atoms with van der Waals surface area (Å²) in [6.45, 7) is 14.2. The Kier molecular flexibility index (Phi) is 6.98.